The maximum Gasteiger partial charge on any atom is 0.434 e. The normalized spacial score (nSPS) is 11.2. The van der Waals surface area contributed by atoms with Crippen molar-refractivity contribution in [3.63, 3.8) is 0 Å². The van der Waals surface area contributed by atoms with Crippen molar-refractivity contribution in [2.75, 3.05) is 5.32 Å². The maximum atomic E-state index is 13.3. The number of carbonyl (C=O) groups excluding carboxylic acids is 1. The SMILES string of the molecule is O=C(Nc1nc(C(F)(F)F)c(-c2ccccc2)s1)c1ccccc1[N+](=O)[O-]. The van der Waals surface area contributed by atoms with Crippen molar-refractivity contribution in [3.05, 3.63) is 76.0 Å². The lowest BCUT2D eigenvalue weighted by Crippen LogP contribution is -2.14. The second-order valence-corrected chi connectivity index (χ2v) is 6.29. The number of nitro groups is 1. The van der Waals surface area contributed by atoms with Gasteiger partial charge in [0.1, 0.15) is 5.56 Å². The Labute approximate surface area is 154 Å². The summed E-state index contributed by atoms with van der Waals surface area (Å²) in [5.74, 6) is -0.913. The number of nitro benzene ring substituents is 1. The summed E-state index contributed by atoms with van der Waals surface area (Å²) in [7, 11) is 0. The number of amides is 1. The van der Waals surface area contributed by atoms with Crippen LogP contribution in [-0.2, 0) is 6.18 Å². The van der Waals surface area contributed by atoms with Crippen LogP contribution in [0.2, 0.25) is 0 Å². The molecule has 0 aliphatic rings. The fourth-order valence-corrected chi connectivity index (χ4v) is 3.33. The molecule has 1 heterocycles. The van der Waals surface area contributed by atoms with E-state index in [1.165, 1.54) is 30.3 Å². The van der Waals surface area contributed by atoms with Gasteiger partial charge >= 0.3 is 6.18 Å². The number of para-hydroxylation sites is 1. The molecule has 3 aromatic rings. The summed E-state index contributed by atoms with van der Waals surface area (Å²) in [6.07, 6.45) is -4.72. The molecule has 1 aromatic heterocycles. The predicted octanol–water partition coefficient (Wildman–Crippen LogP) is 4.99. The van der Waals surface area contributed by atoms with Crippen molar-refractivity contribution >= 4 is 28.1 Å². The van der Waals surface area contributed by atoms with Crippen molar-refractivity contribution in [1.29, 1.82) is 0 Å². The van der Waals surface area contributed by atoms with Gasteiger partial charge in [0.15, 0.2) is 10.8 Å². The van der Waals surface area contributed by atoms with E-state index in [0.717, 1.165) is 6.07 Å². The molecule has 3 rings (SSSR count). The van der Waals surface area contributed by atoms with Crippen LogP contribution in [0.3, 0.4) is 0 Å². The lowest BCUT2D eigenvalue weighted by atomic mass is 10.1. The fraction of sp³-hybridized carbons (Fsp3) is 0.0588. The Bertz CT molecular complexity index is 1000. The third-order valence-corrected chi connectivity index (χ3v) is 4.52. The number of halogens is 3. The number of anilines is 1. The molecule has 1 amide bonds. The summed E-state index contributed by atoms with van der Waals surface area (Å²) < 4.78 is 40.0. The fourth-order valence-electron chi connectivity index (χ4n) is 2.34. The van der Waals surface area contributed by atoms with Gasteiger partial charge in [-0.1, -0.05) is 53.8 Å². The number of hydrogen-bond acceptors (Lipinski definition) is 5. The number of rotatable bonds is 4. The quantitative estimate of drug-likeness (QED) is 0.500. The molecule has 0 spiro atoms. The minimum Gasteiger partial charge on any atom is -0.298 e. The molecule has 0 saturated heterocycles. The molecule has 6 nitrogen and oxygen atoms in total. The molecule has 10 heteroatoms. The molecule has 0 aliphatic heterocycles. The molecule has 0 saturated carbocycles. The van der Waals surface area contributed by atoms with E-state index in [1.807, 2.05) is 0 Å². The number of benzene rings is 2. The molecule has 0 bridgehead atoms. The minimum absolute atomic E-state index is 0.152. The zero-order valence-electron chi connectivity index (χ0n) is 13.4. The Kier molecular flexibility index (Phi) is 4.91. The van der Waals surface area contributed by atoms with Gasteiger partial charge in [0.2, 0.25) is 0 Å². The van der Waals surface area contributed by atoms with Crippen LogP contribution in [0.4, 0.5) is 24.0 Å². The van der Waals surface area contributed by atoms with Crippen LogP contribution in [0.25, 0.3) is 10.4 Å². The smallest absolute Gasteiger partial charge is 0.298 e. The van der Waals surface area contributed by atoms with E-state index in [0.29, 0.717) is 16.9 Å². The molecule has 138 valence electrons. The number of nitrogens with zero attached hydrogens (tertiary/aromatic N) is 2. The van der Waals surface area contributed by atoms with E-state index in [-0.39, 0.29) is 15.6 Å². The van der Waals surface area contributed by atoms with Gasteiger partial charge in [-0.15, -0.1) is 0 Å². The second kappa shape index (κ2) is 7.16. The molecule has 0 fully saturated rings. The van der Waals surface area contributed by atoms with Gasteiger partial charge in [-0.3, -0.25) is 20.2 Å². The average Bonchev–Trinajstić information content (AvgIpc) is 3.06. The van der Waals surface area contributed by atoms with Crippen molar-refractivity contribution < 1.29 is 22.9 Å². The van der Waals surface area contributed by atoms with Crippen LogP contribution in [0.15, 0.2) is 54.6 Å². The Morgan fingerprint density at radius 2 is 1.70 bits per heavy atom. The zero-order chi connectivity index (χ0) is 19.6. The first-order valence-electron chi connectivity index (χ1n) is 7.45. The highest BCUT2D eigenvalue weighted by Gasteiger charge is 2.38. The summed E-state index contributed by atoms with van der Waals surface area (Å²) in [6, 6.07) is 13.0. The number of alkyl halides is 3. The van der Waals surface area contributed by atoms with E-state index in [4.69, 9.17) is 0 Å². The van der Waals surface area contributed by atoms with Crippen LogP contribution in [-0.4, -0.2) is 15.8 Å². The highest BCUT2D eigenvalue weighted by atomic mass is 32.1. The maximum absolute atomic E-state index is 13.3. The van der Waals surface area contributed by atoms with E-state index in [1.54, 1.807) is 18.2 Å². The molecule has 1 N–H and O–H groups in total. The third-order valence-electron chi connectivity index (χ3n) is 3.50. The first-order valence-corrected chi connectivity index (χ1v) is 8.27. The van der Waals surface area contributed by atoms with Crippen LogP contribution < -0.4 is 5.32 Å². The molecule has 0 aliphatic carbocycles. The number of thiazole rings is 1. The van der Waals surface area contributed by atoms with Gasteiger partial charge in [0, 0.05) is 6.07 Å². The average molecular weight is 393 g/mol. The molecule has 0 radical (unpaired) electrons. The first kappa shape index (κ1) is 18.5. The van der Waals surface area contributed by atoms with Crippen molar-refractivity contribution in [3.8, 4) is 10.4 Å². The highest BCUT2D eigenvalue weighted by Crippen LogP contribution is 2.42. The highest BCUT2D eigenvalue weighted by molar-refractivity contribution is 7.19. The molecule has 2 aromatic carbocycles. The summed E-state index contributed by atoms with van der Waals surface area (Å²) >= 11 is 0.644. The summed E-state index contributed by atoms with van der Waals surface area (Å²) in [5.41, 5.74) is -1.55. The van der Waals surface area contributed by atoms with Crippen molar-refractivity contribution in [1.82, 2.24) is 4.98 Å². The van der Waals surface area contributed by atoms with Gasteiger partial charge in [0.25, 0.3) is 11.6 Å². The van der Waals surface area contributed by atoms with Crippen molar-refractivity contribution in [2.45, 2.75) is 6.18 Å². The van der Waals surface area contributed by atoms with Crippen LogP contribution in [0.1, 0.15) is 16.1 Å². The predicted molar refractivity (Wildman–Crippen MR) is 93.6 cm³/mol. The lowest BCUT2D eigenvalue weighted by molar-refractivity contribution is -0.385. The lowest BCUT2D eigenvalue weighted by Gasteiger charge is -2.05. The number of aromatic nitrogens is 1. The van der Waals surface area contributed by atoms with Gasteiger partial charge in [-0.25, -0.2) is 4.98 Å². The summed E-state index contributed by atoms with van der Waals surface area (Å²) in [5, 5.41) is 12.9. The second-order valence-electron chi connectivity index (χ2n) is 5.29. The molecule has 27 heavy (non-hydrogen) atoms. The molecule has 0 atom stereocenters. The van der Waals surface area contributed by atoms with Gasteiger partial charge < -0.3 is 0 Å². The number of hydrogen-bond donors (Lipinski definition) is 1. The van der Waals surface area contributed by atoms with Gasteiger partial charge in [0.05, 0.1) is 9.80 Å². The zero-order valence-corrected chi connectivity index (χ0v) is 14.2. The van der Waals surface area contributed by atoms with E-state index in [2.05, 4.69) is 10.3 Å². The van der Waals surface area contributed by atoms with E-state index >= 15 is 0 Å². The van der Waals surface area contributed by atoms with Gasteiger partial charge in [-0.2, -0.15) is 13.2 Å². The number of carbonyl (C=O) groups is 1. The van der Waals surface area contributed by atoms with Crippen molar-refractivity contribution in [2.24, 2.45) is 0 Å². The topological polar surface area (TPSA) is 85.1 Å². The van der Waals surface area contributed by atoms with Crippen LogP contribution >= 0.6 is 11.3 Å². The van der Waals surface area contributed by atoms with Crippen LogP contribution in [0.5, 0.6) is 0 Å². The standard InChI is InChI=1S/C17H10F3N3O3S/c18-17(19,20)14-13(10-6-2-1-3-7-10)27-16(21-14)22-15(24)11-8-4-5-9-12(11)23(25)26/h1-9H,(H,21,22,24). The number of nitrogens with one attached hydrogen (secondary N) is 1. The Balaban J connectivity index is 1.98. The van der Waals surface area contributed by atoms with E-state index < -0.39 is 28.4 Å². The molecular weight excluding hydrogens is 383 g/mol. The first-order chi connectivity index (χ1) is 12.8. The van der Waals surface area contributed by atoms with E-state index in [9.17, 15) is 28.1 Å². The van der Waals surface area contributed by atoms with Crippen LogP contribution in [0, 0.1) is 10.1 Å². The third kappa shape index (κ3) is 3.95. The Hall–Kier alpha value is -3.27. The summed E-state index contributed by atoms with van der Waals surface area (Å²) in [6.45, 7) is 0. The van der Waals surface area contributed by atoms with Gasteiger partial charge in [-0.05, 0) is 11.6 Å². The Morgan fingerprint density at radius 3 is 2.33 bits per heavy atom. The summed E-state index contributed by atoms with van der Waals surface area (Å²) in [4.78, 5) is 25.9. The molecule has 0 unspecified atom stereocenters. The largest absolute Gasteiger partial charge is 0.434 e. The monoisotopic (exact) mass is 393 g/mol. The Morgan fingerprint density at radius 1 is 1.07 bits per heavy atom. The molecular formula is C17H10F3N3O3S. The minimum atomic E-state index is -4.72.